The molecular weight excluding hydrogens is 550 g/mol. The number of anilines is 1. The lowest BCUT2D eigenvalue weighted by atomic mass is 9.96. The Morgan fingerprint density at radius 1 is 0.833 bits per heavy atom. The molecule has 4 aromatic rings. The molecular formula is C33H35N3O5S. The number of ether oxygens (including phenoxy) is 2. The van der Waals surface area contributed by atoms with Crippen LogP contribution in [0.5, 0.6) is 11.5 Å². The summed E-state index contributed by atoms with van der Waals surface area (Å²) in [6.45, 7) is 4.34. The Bertz CT molecular complexity index is 1550. The number of nitrogens with one attached hydrogen (secondary N) is 1. The van der Waals surface area contributed by atoms with Gasteiger partial charge in [-0.25, -0.2) is 8.42 Å². The van der Waals surface area contributed by atoms with Crippen LogP contribution >= 0.6 is 0 Å². The number of amides is 1. The van der Waals surface area contributed by atoms with Crippen LogP contribution in [0.2, 0.25) is 0 Å². The van der Waals surface area contributed by atoms with E-state index in [4.69, 9.17) is 9.47 Å². The van der Waals surface area contributed by atoms with Crippen LogP contribution in [0.3, 0.4) is 0 Å². The van der Waals surface area contributed by atoms with Gasteiger partial charge < -0.3 is 14.4 Å². The zero-order valence-electron chi connectivity index (χ0n) is 23.8. The topological polar surface area (TPSA) is 88.2 Å². The first-order chi connectivity index (χ1) is 20.3. The number of methoxy groups -OCH3 is 1. The van der Waals surface area contributed by atoms with Crippen molar-refractivity contribution in [1.82, 2.24) is 9.80 Å². The van der Waals surface area contributed by atoms with Crippen LogP contribution in [-0.4, -0.2) is 64.0 Å². The zero-order chi connectivity index (χ0) is 29.5. The molecule has 0 saturated carbocycles. The maximum absolute atomic E-state index is 13.0. The lowest BCUT2D eigenvalue weighted by Crippen LogP contribution is -2.51. The minimum absolute atomic E-state index is 0.0945. The number of aryl methyl sites for hydroxylation is 1. The van der Waals surface area contributed by atoms with Gasteiger partial charge in [0.15, 0.2) is 6.61 Å². The monoisotopic (exact) mass is 585 g/mol. The maximum atomic E-state index is 13.0. The van der Waals surface area contributed by atoms with E-state index in [1.807, 2.05) is 17.0 Å². The maximum Gasteiger partial charge on any atom is 0.261 e. The van der Waals surface area contributed by atoms with E-state index in [1.54, 1.807) is 44.4 Å². The molecule has 1 fully saturated rings. The predicted molar refractivity (Wildman–Crippen MR) is 163 cm³/mol. The second kappa shape index (κ2) is 13.1. The molecule has 1 saturated heterocycles. The Labute approximate surface area is 247 Å². The van der Waals surface area contributed by atoms with Crippen molar-refractivity contribution in [2.45, 2.75) is 17.9 Å². The molecule has 1 N–H and O–H groups in total. The van der Waals surface area contributed by atoms with E-state index in [-0.39, 0.29) is 23.5 Å². The van der Waals surface area contributed by atoms with Crippen LogP contribution in [0.25, 0.3) is 0 Å². The van der Waals surface area contributed by atoms with Gasteiger partial charge >= 0.3 is 0 Å². The first-order valence-electron chi connectivity index (χ1n) is 13.9. The van der Waals surface area contributed by atoms with Crippen molar-refractivity contribution in [2.24, 2.45) is 0 Å². The first kappa shape index (κ1) is 29.2. The Hall–Kier alpha value is -4.34. The van der Waals surface area contributed by atoms with Crippen molar-refractivity contribution in [3.05, 3.63) is 120 Å². The number of nitrogens with zero attached hydrogens (tertiary/aromatic N) is 2. The van der Waals surface area contributed by atoms with Gasteiger partial charge in [0.05, 0.1) is 18.0 Å². The Morgan fingerprint density at radius 2 is 1.43 bits per heavy atom. The molecule has 0 unspecified atom stereocenters. The Balaban J connectivity index is 1.17. The number of hydrogen-bond donors (Lipinski definition) is 1. The Kier molecular flexibility index (Phi) is 9.09. The highest BCUT2D eigenvalue weighted by molar-refractivity contribution is 7.92. The van der Waals surface area contributed by atoms with Gasteiger partial charge in [-0.05, 0) is 66.1 Å². The van der Waals surface area contributed by atoms with Gasteiger partial charge in [0.1, 0.15) is 11.5 Å². The van der Waals surface area contributed by atoms with Crippen LogP contribution in [-0.2, 0) is 14.8 Å². The first-order valence-corrected chi connectivity index (χ1v) is 15.3. The van der Waals surface area contributed by atoms with E-state index in [0.717, 1.165) is 13.1 Å². The summed E-state index contributed by atoms with van der Waals surface area (Å²) >= 11 is 0. The number of sulfonamides is 1. The average molecular weight is 586 g/mol. The molecule has 5 rings (SSSR count). The Morgan fingerprint density at radius 3 is 1.98 bits per heavy atom. The molecule has 8 nitrogen and oxygen atoms in total. The van der Waals surface area contributed by atoms with E-state index >= 15 is 0 Å². The van der Waals surface area contributed by atoms with Gasteiger partial charge in [0, 0.05) is 31.9 Å². The molecule has 4 aromatic carbocycles. The lowest BCUT2D eigenvalue weighted by molar-refractivity contribution is -0.135. The highest BCUT2D eigenvalue weighted by atomic mass is 32.2. The van der Waals surface area contributed by atoms with Crippen molar-refractivity contribution in [3.63, 3.8) is 0 Å². The quantitative estimate of drug-likeness (QED) is 0.278. The number of rotatable bonds is 10. The van der Waals surface area contributed by atoms with Crippen LogP contribution < -0.4 is 14.2 Å². The van der Waals surface area contributed by atoms with Crippen LogP contribution in [0, 0.1) is 6.92 Å². The predicted octanol–water partition coefficient (Wildman–Crippen LogP) is 5.12. The summed E-state index contributed by atoms with van der Waals surface area (Å²) < 4.78 is 39.3. The molecule has 218 valence electrons. The van der Waals surface area contributed by atoms with Crippen molar-refractivity contribution >= 4 is 21.6 Å². The molecule has 0 radical (unpaired) electrons. The number of benzene rings is 4. The fourth-order valence-electron chi connectivity index (χ4n) is 5.17. The fourth-order valence-corrected chi connectivity index (χ4v) is 6.31. The minimum atomic E-state index is -3.80. The van der Waals surface area contributed by atoms with Gasteiger partial charge in [-0.3, -0.25) is 14.4 Å². The highest BCUT2D eigenvalue weighted by Crippen LogP contribution is 2.30. The smallest absolute Gasteiger partial charge is 0.261 e. The normalized spacial score (nSPS) is 14.0. The number of hydrogen-bond acceptors (Lipinski definition) is 6. The van der Waals surface area contributed by atoms with E-state index in [0.29, 0.717) is 35.8 Å². The molecule has 1 amide bonds. The number of carbonyl (C=O) groups excluding carboxylic acids is 1. The third-order valence-corrected chi connectivity index (χ3v) is 8.79. The fraction of sp³-hybridized carbons (Fsp3) is 0.242. The largest absolute Gasteiger partial charge is 0.497 e. The van der Waals surface area contributed by atoms with E-state index in [1.165, 1.54) is 23.3 Å². The van der Waals surface area contributed by atoms with E-state index < -0.39 is 10.0 Å². The van der Waals surface area contributed by atoms with E-state index in [2.05, 4.69) is 58.2 Å². The molecule has 0 aromatic heterocycles. The number of piperazine rings is 1. The van der Waals surface area contributed by atoms with Crippen LogP contribution in [0.1, 0.15) is 22.7 Å². The van der Waals surface area contributed by atoms with Crippen molar-refractivity contribution in [1.29, 1.82) is 0 Å². The second-order valence-corrected chi connectivity index (χ2v) is 11.9. The molecule has 0 aliphatic carbocycles. The van der Waals surface area contributed by atoms with Gasteiger partial charge in [-0.15, -0.1) is 0 Å². The average Bonchev–Trinajstić information content (AvgIpc) is 3.02. The summed E-state index contributed by atoms with van der Waals surface area (Å²) in [6, 6.07) is 32.2. The zero-order valence-corrected chi connectivity index (χ0v) is 24.6. The molecule has 0 atom stereocenters. The summed E-state index contributed by atoms with van der Waals surface area (Å²) in [4.78, 5) is 17.4. The number of carbonyl (C=O) groups is 1. The molecule has 42 heavy (non-hydrogen) atoms. The summed E-state index contributed by atoms with van der Waals surface area (Å²) in [5.41, 5.74) is 3.51. The minimum Gasteiger partial charge on any atom is -0.497 e. The summed E-state index contributed by atoms with van der Waals surface area (Å²) in [6.07, 6.45) is 0. The SMILES string of the molecule is COc1ccc(NS(=O)(=O)c2ccc(OCC(=O)N3CCN(C(c4ccccc4)c4ccccc4)CC3)c(C)c2)cc1. The third kappa shape index (κ3) is 6.92. The molecule has 1 aliphatic heterocycles. The standard InChI is InChI=1S/C33H35N3O5S/c1-25-23-30(42(38,39)34-28-13-15-29(40-2)16-14-28)17-18-31(25)41-24-32(37)35-19-21-36(22-20-35)33(26-9-5-3-6-10-26)27-11-7-4-8-12-27/h3-18,23,33-34H,19-22,24H2,1-2H3. The molecule has 1 aliphatic rings. The second-order valence-electron chi connectivity index (χ2n) is 10.2. The van der Waals surface area contributed by atoms with Crippen molar-refractivity contribution in [2.75, 3.05) is 44.6 Å². The van der Waals surface area contributed by atoms with Crippen molar-refractivity contribution < 1.29 is 22.7 Å². The van der Waals surface area contributed by atoms with Crippen LogP contribution in [0.15, 0.2) is 108 Å². The van der Waals surface area contributed by atoms with Crippen LogP contribution in [0.4, 0.5) is 5.69 Å². The van der Waals surface area contributed by atoms with E-state index in [9.17, 15) is 13.2 Å². The van der Waals surface area contributed by atoms with Gasteiger partial charge in [-0.1, -0.05) is 60.7 Å². The molecule has 1 heterocycles. The summed E-state index contributed by atoms with van der Waals surface area (Å²) in [5.74, 6) is 1.01. The van der Waals surface area contributed by atoms with Gasteiger partial charge in [-0.2, -0.15) is 0 Å². The third-order valence-electron chi connectivity index (χ3n) is 7.41. The van der Waals surface area contributed by atoms with Crippen molar-refractivity contribution in [3.8, 4) is 11.5 Å². The molecule has 0 spiro atoms. The lowest BCUT2D eigenvalue weighted by Gasteiger charge is -2.39. The van der Waals surface area contributed by atoms with Gasteiger partial charge in [0.25, 0.3) is 15.9 Å². The molecule has 0 bridgehead atoms. The highest BCUT2D eigenvalue weighted by Gasteiger charge is 2.28. The molecule has 9 heteroatoms. The van der Waals surface area contributed by atoms with Gasteiger partial charge in [0.2, 0.25) is 0 Å². The summed E-state index contributed by atoms with van der Waals surface area (Å²) in [7, 11) is -2.25. The summed E-state index contributed by atoms with van der Waals surface area (Å²) in [5, 5.41) is 0.